The monoisotopic (exact) mass is 195 g/mol. The Bertz CT molecular complexity index is 282. The Balaban J connectivity index is 2.28. The van der Waals surface area contributed by atoms with Crippen LogP contribution in [-0.4, -0.2) is 22.4 Å². The van der Waals surface area contributed by atoms with Gasteiger partial charge in [0.15, 0.2) is 0 Å². The molecule has 4 atom stereocenters. The smallest absolute Gasteiger partial charge is 0.0836 e. The van der Waals surface area contributed by atoms with E-state index >= 15 is 0 Å². The number of hydrogen-bond donors (Lipinski definition) is 2. The molecule has 3 nitrogen and oxygen atoms in total. The molecule has 0 radical (unpaired) electrons. The molecule has 0 amide bonds. The Kier molecular flexibility index (Phi) is 2.09. The quantitative estimate of drug-likeness (QED) is 0.657. The van der Waals surface area contributed by atoms with E-state index in [1.807, 2.05) is 6.92 Å². The zero-order valence-corrected chi connectivity index (χ0v) is 8.53. The number of rotatable bonds is 1. The highest BCUT2D eigenvalue weighted by Crippen LogP contribution is 2.55. The first-order valence-corrected chi connectivity index (χ1v) is 5.28. The zero-order chi connectivity index (χ0) is 10.4. The molecule has 0 heterocycles. The van der Waals surface area contributed by atoms with Gasteiger partial charge in [-0.3, -0.25) is 0 Å². The van der Waals surface area contributed by atoms with Crippen molar-refractivity contribution in [3.63, 3.8) is 0 Å². The van der Waals surface area contributed by atoms with E-state index in [0.29, 0.717) is 12.8 Å². The maximum atomic E-state index is 10.1. The van der Waals surface area contributed by atoms with Gasteiger partial charge in [0.25, 0.3) is 0 Å². The predicted molar refractivity (Wildman–Crippen MR) is 51.2 cm³/mol. The van der Waals surface area contributed by atoms with Gasteiger partial charge in [-0.1, -0.05) is 0 Å². The van der Waals surface area contributed by atoms with Gasteiger partial charge in [0.1, 0.15) is 0 Å². The molecule has 0 unspecified atom stereocenters. The molecule has 0 aromatic rings. The van der Waals surface area contributed by atoms with Crippen LogP contribution in [0.3, 0.4) is 0 Å². The van der Waals surface area contributed by atoms with Gasteiger partial charge in [-0.15, -0.1) is 0 Å². The first-order chi connectivity index (χ1) is 6.54. The number of aliphatic hydroxyl groups is 2. The standard InChI is InChI=1S/C11H17NO2/c1-10(14)4-9-3-2-8(10)5-11(9,6-12)7-13/h8-9,13-14H,2-5,7H2,1H3/t8-,9-,10-,11-/m1/s1. The molecule has 0 aromatic carbocycles. The van der Waals surface area contributed by atoms with Crippen LogP contribution in [0.5, 0.6) is 0 Å². The molecule has 0 spiro atoms. The van der Waals surface area contributed by atoms with Crippen molar-refractivity contribution < 1.29 is 10.2 Å². The Morgan fingerprint density at radius 2 is 2.00 bits per heavy atom. The number of nitrogens with zero attached hydrogens (tertiary/aromatic N) is 1. The molecule has 3 fully saturated rings. The summed E-state index contributed by atoms with van der Waals surface area (Å²) in [6.07, 6.45) is 3.32. The van der Waals surface area contributed by atoms with Crippen LogP contribution < -0.4 is 0 Å². The highest BCUT2D eigenvalue weighted by Gasteiger charge is 2.55. The summed E-state index contributed by atoms with van der Waals surface area (Å²) in [6, 6.07) is 2.28. The van der Waals surface area contributed by atoms with Gasteiger partial charge < -0.3 is 10.2 Å². The molecule has 3 aliphatic carbocycles. The van der Waals surface area contributed by atoms with Gasteiger partial charge in [-0.25, -0.2) is 0 Å². The SMILES string of the molecule is C[C@@]1(O)C[C@H]2CC[C@@H]1C[C@@]2(C#N)CO. The lowest BCUT2D eigenvalue weighted by molar-refractivity contribution is -0.135. The average molecular weight is 195 g/mol. The van der Waals surface area contributed by atoms with Crippen LogP contribution >= 0.6 is 0 Å². The van der Waals surface area contributed by atoms with Crippen molar-refractivity contribution in [2.24, 2.45) is 17.3 Å². The fourth-order valence-corrected chi connectivity index (χ4v) is 3.25. The lowest BCUT2D eigenvalue weighted by atomic mass is 9.52. The Hall–Kier alpha value is -0.590. The molecule has 0 aromatic heterocycles. The largest absolute Gasteiger partial charge is 0.395 e. The molecule has 3 rings (SSSR count). The van der Waals surface area contributed by atoms with E-state index in [2.05, 4.69) is 6.07 Å². The minimum atomic E-state index is -0.613. The van der Waals surface area contributed by atoms with E-state index in [1.54, 1.807) is 0 Å². The van der Waals surface area contributed by atoms with Crippen molar-refractivity contribution >= 4 is 0 Å². The number of aliphatic hydroxyl groups excluding tert-OH is 1. The molecule has 0 aliphatic heterocycles. The molecule has 3 saturated carbocycles. The third-order valence-electron chi connectivity index (χ3n) is 4.30. The maximum absolute atomic E-state index is 10.1. The van der Waals surface area contributed by atoms with Crippen molar-refractivity contribution in [2.75, 3.05) is 6.61 Å². The predicted octanol–water partition coefficient (Wildman–Crippen LogP) is 1.06. The van der Waals surface area contributed by atoms with Gasteiger partial charge in [-0.05, 0) is 44.4 Å². The van der Waals surface area contributed by atoms with Gasteiger partial charge in [0.05, 0.1) is 23.7 Å². The summed E-state index contributed by atoms with van der Waals surface area (Å²) in [7, 11) is 0. The van der Waals surface area contributed by atoms with Gasteiger partial charge in [0.2, 0.25) is 0 Å². The average Bonchev–Trinajstić information content (AvgIpc) is 2.17. The topological polar surface area (TPSA) is 64.2 Å². The first kappa shape index (κ1) is 9.95. The Labute approximate surface area is 84.4 Å². The maximum Gasteiger partial charge on any atom is 0.0836 e. The second-order valence-electron chi connectivity index (χ2n) is 5.16. The Morgan fingerprint density at radius 3 is 2.36 bits per heavy atom. The summed E-state index contributed by atoms with van der Waals surface area (Å²) >= 11 is 0. The minimum Gasteiger partial charge on any atom is -0.395 e. The van der Waals surface area contributed by atoms with Crippen LogP contribution in [0.4, 0.5) is 0 Å². The normalized spacial score (nSPS) is 51.6. The number of nitriles is 1. The van der Waals surface area contributed by atoms with Gasteiger partial charge in [0, 0.05) is 0 Å². The number of hydrogen-bond acceptors (Lipinski definition) is 3. The van der Waals surface area contributed by atoms with Crippen LogP contribution in [0.25, 0.3) is 0 Å². The van der Waals surface area contributed by atoms with Crippen LogP contribution in [0.1, 0.15) is 32.6 Å². The zero-order valence-electron chi connectivity index (χ0n) is 8.53. The molecule has 14 heavy (non-hydrogen) atoms. The van der Waals surface area contributed by atoms with Crippen molar-refractivity contribution in [2.45, 2.75) is 38.2 Å². The highest BCUT2D eigenvalue weighted by molar-refractivity contribution is 5.13. The molecular formula is C11H17NO2. The summed E-state index contributed by atoms with van der Waals surface area (Å²) in [4.78, 5) is 0. The molecule has 2 N–H and O–H groups in total. The molecule has 78 valence electrons. The summed E-state index contributed by atoms with van der Waals surface area (Å²) in [5.41, 5.74) is -1.18. The lowest BCUT2D eigenvalue weighted by Gasteiger charge is -2.54. The fraction of sp³-hybridized carbons (Fsp3) is 0.909. The van der Waals surface area contributed by atoms with E-state index in [0.717, 1.165) is 12.8 Å². The van der Waals surface area contributed by atoms with Crippen LogP contribution in [0, 0.1) is 28.6 Å². The summed E-state index contributed by atoms with van der Waals surface area (Å²) in [5, 5.41) is 28.6. The van der Waals surface area contributed by atoms with Crippen LogP contribution in [0.15, 0.2) is 0 Å². The second kappa shape index (κ2) is 2.95. The van der Waals surface area contributed by atoms with E-state index < -0.39 is 11.0 Å². The first-order valence-electron chi connectivity index (χ1n) is 5.28. The highest BCUT2D eigenvalue weighted by atomic mass is 16.3. The third kappa shape index (κ3) is 1.18. The van der Waals surface area contributed by atoms with E-state index in [-0.39, 0.29) is 18.4 Å². The van der Waals surface area contributed by atoms with Crippen molar-refractivity contribution in [3.8, 4) is 6.07 Å². The molecule has 3 aliphatic rings. The summed E-state index contributed by atoms with van der Waals surface area (Å²) < 4.78 is 0. The molecule has 3 heteroatoms. The van der Waals surface area contributed by atoms with E-state index in [1.165, 1.54) is 0 Å². The van der Waals surface area contributed by atoms with Crippen molar-refractivity contribution in [1.29, 1.82) is 5.26 Å². The van der Waals surface area contributed by atoms with E-state index in [9.17, 15) is 10.2 Å². The van der Waals surface area contributed by atoms with Crippen molar-refractivity contribution in [3.05, 3.63) is 0 Å². The lowest BCUT2D eigenvalue weighted by Crippen LogP contribution is -2.54. The van der Waals surface area contributed by atoms with Gasteiger partial charge in [-0.2, -0.15) is 5.26 Å². The summed E-state index contributed by atoms with van der Waals surface area (Å²) in [6.45, 7) is 1.81. The van der Waals surface area contributed by atoms with E-state index in [4.69, 9.17) is 5.26 Å². The molecule has 0 saturated heterocycles. The van der Waals surface area contributed by atoms with Gasteiger partial charge >= 0.3 is 0 Å². The number of fused-ring (bicyclic) bond motifs is 3. The van der Waals surface area contributed by atoms with Crippen LogP contribution in [-0.2, 0) is 0 Å². The summed E-state index contributed by atoms with van der Waals surface area (Å²) in [5.74, 6) is 0.372. The molecule has 2 bridgehead atoms. The minimum absolute atomic E-state index is 0.0548. The van der Waals surface area contributed by atoms with Crippen LogP contribution in [0.2, 0.25) is 0 Å². The third-order valence-corrected chi connectivity index (χ3v) is 4.30. The Morgan fingerprint density at radius 1 is 1.36 bits per heavy atom. The molecular weight excluding hydrogens is 178 g/mol. The fourth-order valence-electron chi connectivity index (χ4n) is 3.25. The second-order valence-corrected chi connectivity index (χ2v) is 5.16. The van der Waals surface area contributed by atoms with Crippen molar-refractivity contribution in [1.82, 2.24) is 0 Å².